The summed E-state index contributed by atoms with van der Waals surface area (Å²) >= 11 is 0. The van der Waals surface area contributed by atoms with E-state index in [2.05, 4.69) is 9.47 Å². The summed E-state index contributed by atoms with van der Waals surface area (Å²) in [6.45, 7) is -1.34. The van der Waals surface area contributed by atoms with E-state index in [9.17, 15) is 22.0 Å². The SMILES string of the molecule is FCOc1cc(OC(F)(F)F)ccc1F. The highest BCUT2D eigenvalue weighted by atomic mass is 19.4. The molecule has 0 N–H and O–H groups in total. The van der Waals surface area contributed by atoms with Crippen LogP contribution < -0.4 is 9.47 Å². The van der Waals surface area contributed by atoms with Gasteiger partial charge < -0.3 is 9.47 Å². The second-order valence-corrected chi connectivity index (χ2v) is 2.39. The molecule has 2 nitrogen and oxygen atoms in total. The highest BCUT2D eigenvalue weighted by Crippen LogP contribution is 2.28. The van der Waals surface area contributed by atoms with E-state index in [-0.39, 0.29) is 0 Å². The van der Waals surface area contributed by atoms with Crippen molar-refractivity contribution < 1.29 is 31.4 Å². The van der Waals surface area contributed by atoms with Crippen molar-refractivity contribution in [1.82, 2.24) is 0 Å². The van der Waals surface area contributed by atoms with Gasteiger partial charge in [0.15, 0.2) is 11.6 Å². The molecule has 0 atom stereocenters. The summed E-state index contributed by atoms with van der Waals surface area (Å²) in [4.78, 5) is 0. The van der Waals surface area contributed by atoms with Gasteiger partial charge in [0.25, 0.3) is 0 Å². The molecular formula is C8H5F5O2. The number of alkyl halides is 4. The average molecular weight is 228 g/mol. The maximum absolute atomic E-state index is 12.8. The summed E-state index contributed by atoms with van der Waals surface area (Å²) in [5.41, 5.74) is 0. The summed E-state index contributed by atoms with van der Waals surface area (Å²) in [6.07, 6.45) is -4.88. The Balaban J connectivity index is 2.87. The number of hydrogen-bond acceptors (Lipinski definition) is 2. The largest absolute Gasteiger partial charge is 0.573 e. The molecule has 0 heterocycles. The van der Waals surface area contributed by atoms with Crippen molar-refractivity contribution in [3.63, 3.8) is 0 Å². The van der Waals surface area contributed by atoms with Crippen LogP contribution in [-0.4, -0.2) is 13.2 Å². The lowest BCUT2D eigenvalue weighted by atomic mass is 10.3. The molecular weight excluding hydrogens is 223 g/mol. The topological polar surface area (TPSA) is 18.5 Å². The highest BCUT2D eigenvalue weighted by Gasteiger charge is 2.31. The van der Waals surface area contributed by atoms with E-state index >= 15 is 0 Å². The monoisotopic (exact) mass is 228 g/mol. The predicted molar refractivity (Wildman–Crippen MR) is 39.7 cm³/mol. The minimum Gasteiger partial charge on any atom is -0.460 e. The standard InChI is InChI=1S/C8H5F5O2/c9-4-14-7-3-5(1-2-6(7)10)15-8(11,12)13/h1-3H,4H2. The van der Waals surface area contributed by atoms with Crippen LogP contribution in [0.25, 0.3) is 0 Å². The van der Waals surface area contributed by atoms with Crippen molar-refractivity contribution >= 4 is 0 Å². The zero-order valence-corrected chi connectivity index (χ0v) is 7.15. The van der Waals surface area contributed by atoms with Crippen LogP contribution in [0.4, 0.5) is 22.0 Å². The first-order valence-corrected chi connectivity index (χ1v) is 3.66. The Morgan fingerprint density at radius 2 is 1.87 bits per heavy atom. The van der Waals surface area contributed by atoms with Crippen LogP contribution in [0.15, 0.2) is 18.2 Å². The van der Waals surface area contributed by atoms with Crippen LogP contribution in [0, 0.1) is 5.82 Å². The van der Waals surface area contributed by atoms with Crippen molar-refractivity contribution in [1.29, 1.82) is 0 Å². The molecule has 15 heavy (non-hydrogen) atoms. The Morgan fingerprint density at radius 1 is 1.20 bits per heavy atom. The number of halogens is 5. The molecule has 0 aliphatic carbocycles. The molecule has 0 saturated heterocycles. The third-order valence-electron chi connectivity index (χ3n) is 1.35. The van der Waals surface area contributed by atoms with E-state index in [0.717, 1.165) is 6.07 Å². The van der Waals surface area contributed by atoms with Gasteiger partial charge in [-0.2, -0.15) is 0 Å². The summed E-state index contributed by atoms with van der Waals surface area (Å²) in [5.74, 6) is -2.28. The molecule has 0 bridgehead atoms. The van der Waals surface area contributed by atoms with Crippen molar-refractivity contribution in [2.75, 3.05) is 6.86 Å². The van der Waals surface area contributed by atoms with Gasteiger partial charge in [0.05, 0.1) is 0 Å². The molecule has 1 rings (SSSR count). The minimum atomic E-state index is -4.88. The van der Waals surface area contributed by atoms with Gasteiger partial charge in [0.1, 0.15) is 5.75 Å². The number of ether oxygens (including phenoxy) is 2. The lowest BCUT2D eigenvalue weighted by Crippen LogP contribution is -2.17. The van der Waals surface area contributed by atoms with Crippen LogP contribution in [0.2, 0.25) is 0 Å². The molecule has 1 aromatic carbocycles. The molecule has 0 amide bonds. The average Bonchev–Trinajstić information content (AvgIpc) is 2.09. The molecule has 0 unspecified atom stereocenters. The van der Waals surface area contributed by atoms with Crippen molar-refractivity contribution in [3.05, 3.63) is 24.0 Å². The maximum Gasteiger partial charge on any atom is 0.573 e. The van der Waals surface area contributed by atoms with E-state index in [0.29, 0.717) is 12.1 Å². The van der Waals surface area contributed by atoms with Crippen LogP contribution in [0.3, 0.4) is 0 Å². The first kappa shape index (κ1) is 11.5. The molecule has 0 spiro atoms. The molecule has 0 radical (unpaired) electrons. The fraction of sp³-hybridized carbons (Fsp3) is 0.250. The van der Waals surface area contributed by atoms with E-state index < -0.39 is 30.5 Å². The predicted octanol–water partition coefficient (Wildman–Crippen LogP) is 3.03. The van der Waals surface area contributed by atoms with Crippen LogP contribution >= 0.6 is 0 Å². The van der Waals surface area contributed by atoms with Crippen molar-refractivity contribution in [2.45, 2.75) is 6.36 Å². The first-order chi connectivity index (χ1) is 6.92. The fourth-order valence-corrected chi connectivity index (χ4v) is 0.850. The third-order valence-corrected chi connectivity index (χ3v) is 1.35. The van der Waals surface area contributed by atoms with Gasteiger partial charge in [0.2, 0.25) is 6.86 Å². The van der Waals surface area contributed by atoms with Crippen LogP contribution in [0.5, 0.6) is 11.5 Å². The molecule has 1 aromatic rings. The number of rotatable bonds is 3. The van der Waals surface area contributed by atoms with Crippen LogP contribution in [-0.2, 0) is 0 Å². The normalized spacial score (nSPS) is 11.3. The van der Waals surface area contributed by atoms with Crippen LogP contribution in [0.1, 0.15) is 0 Å². The van der Waals surface area contributed by atoms with Gasteiger partial charge in [-0.15, -0.1) is 13.2 Å². The second-order valence-electron chi connectivity index (χ2n) is 2.39. The summed E-state index contributed by atoms with van der Waals surface area (Å²) in [7, 11) is 0. The quantitative estimate of drug-likeness (QED) is 0.740. The molecule has 0 fully saturated rings. The highest BCUT2D eigenvalue weighted by molar-refractivity contribution is 5.34. The lowest BCUT2D eigenvalue weighted by Gasteiger charge is -2.10. The molecule has 0 saturated carbocycles. The Bertz CT molecular complexity index is 336. The Morgan fingerprint density at radius 3 is 2.40 bits per heavy atom. The number of benzene rings is 1. The second kappa shape index (κ2) is 4.33. The van der Waals surface area contributed by atoms with E-state index in [1.165, 1.54) is 0 Å². The van der Waals surface area contributed by atoms with Gasteiger partial charge in [-0.1, -0.05) is 0 Å². The summed E-state index contributed by atoms with van der Waals surface area (Å²) in [6, 6.07) is 2.06. The Hall–Kier alpha value is -1.53. The molecule has 0 aromatic heterocycles. The smallest absolute Gasteiger partial charge is 0.460 e. The van der Waals surface area contributed by atoms with Gasteiger partial charge in [-0.05, 0) is 12.1 Å². The zero-order chi connectivity index (χ0) is 11.5. The fourth-order valence-electron chi connectivity index (χ4n) is 0.850. The summed E-state index contributed by atoms with van der Waals surface area (Å²) < 4.78 is 67.2. The maximum atomic E-state index is 12.8. The van der Waals surface area contributed by atoms with Crippen molar-refractivity contribution in [3.8, 4) is 11.5 Å². The third kappa shape index (κ3) is 3.61. The molecule has 7 heteroatoms. The Kier molecular flexibility index (Phi) is 3.33. The summed E-state index contributed by atoms with van der Waals surface area (Å²) in [5, 5.41) is 0. The molecule has 0 aliphatic rings. The zero-order valence-electron chi connectivity index (χ0n) is 7.15. The van der Waals surface area contributed by atoms with Gasteiger partial charge in [-0.25, -0.2) is 8.78 Å². The first-order valence-electron chi connectivity index (χ1n) is 3.66. The Labute approximate surface area is 81.2 Å². The lowest BCUT2D eigenvalue weighted by molar-refractivity contribution is -0.274. The number of hydrogen-bond donors (Lipinski definition) is 0. The van der Waals surface area contributed by atoms with Gasteiger partial charge >= 0.3 is 6.36 Å². The molecule has 0 aliphatic heterocycles. The molecule has 84 valence electrons. The van der Waals surface area contributed by atoms with E-state index in [4.69, 9.17) is 0 Å². The van der Waals surface area contributed by atoms with Gasteiger partial charge in [-0.3, -0.25) is 0 Å². The van der Waals surface area contributed by atoms with Gasteiger partial charge in [0, 0.05) is 6.07 Å². The van der Waals surface area contributed by atoms with Crippen molar-refractivity contribution in [2.24, 2.45) is 0 Å². The minimum absolute atomic E-state index is 0.613. The van der Waals surface area contributed by atoms with E-state index in [1.807, 2.05) is 0 Å². The van der Waals surface area contributed by atoms with E-state index in [1.54, 1.807) is 0 Å².